The number of anilines is 1. The van der Waals surface area contributed by atoms with Gasteiger partial charge in [0.1, 0.15) is 17.8 Å². The molecule has 4 aromatic rings. The average Bonchev–Trinajstić information content (AvgIpc) is 3.64. The highest BCUT2D eigenvalue weighted by Crippen LogP contribution is 2.46. The number of allylic oxidation sites excluding steroid dienone is 1. The molecular formula is C31H30N2O5S. The van der Waals surface area contributed by atoms with E-state index < -0.39 is 11.4 Å². The highest BCUT2D eigenvalue weighted by molar-refractivity contribution is 7.17. The number of thiophene rings is 1. The van der Waals surface area contributed by atoms with E-state index in [1.807, 2.05) is 53.9 Å². The third-order valence-corrected chi connectivity index (χ3v) is 8.32. The van der Waals surface area contributed by atoms with Crippen LogP contribution in [0, 0.1) is 0 Å². The molecule has 0 spiro atoms. The molecule has 200 valence electrons. The predicted molar refractivity (Wildman–Crippen MR) is 151 cm³/mol. The van der Waals surface area contributed by atoms with E-state index in [0.29, 0.717) is 18.8 Å². The molecule has 0 radical (unpaired) electrons. The van der Waals surface area contributed by atoms with Crippen LogP contribution >= 0.6 is 11.3 Å². The molecule has 2 aromatic carbocycles. The summed E-state index contributed by atoms with van der Waals surface area (Å²) >= 11 is 1.58. The van der Waals surface area contributed by atoms with Crippen LogP contribution in [0.2, 0.25) is 0 Å². The number of carboxylic acids is 1. The lowest BCUT2D eigenvalue weighted by atomic mass is 9.71. The first kappa shape index (κ1) is 25.2. The number of rotatable bonds is 10. The minimum absolute atomic E-state index is 0.0845. The van der Waals surface area contributed by atoms with Gasteiger partial charge in [-0.05, 0) is 71.5 Å². The van der Waals surface area contributed by atoms with Gasteiger partial charge in [-0.25, -0.2) is 0 Å². The molecule has 0 saturated carbocycles. The molecule has 2 aliphatic heterocycles. The molecule has 1 atom stereocenters. The van der Waals surface area contributed by atoms with Crippen LogP contribution in [0.15, 0.2) is 78.1 Å². The molecule has 0 fully saturated rings. The van der Waals surface area contributed by atoms with Gasteiger partial charge in [0.25, 0.3) is 0 Å². The zero-order valence-corrected chi connectivity index (χ0v) is 22.3. The van der Waals surface area contributed by atoms with E-state index >= 15 is 0 Å². The molecule has 0 amide bonds. The molecule has 0 saturated heterocycles. The fourth-order valence-electron chi connectivity index (χ4n) is 5.51. The summed E-state index contributed by atoms with van der Waals surface area (Å²) in [6.07, 6.45) is 4.77. The lowest BCUT2D eigenvalue weighted by molar-refractivity contribution is -0.138. The predicted octanol–water partition coefficient (Wildman–Crippen LogP) is 6.08. The van der Waals surface area contributed by atoms with Crippen LogP contribution in [0.3, 0.4) is 0 Å². The van der Waals surface area contributed by atoms with E-state index in [2.05, 4.69) is 17.4 Å². The van der Waals surface area contributed by atoms with Crippen molar-refractivity contribution in [2.75, 3.05) is 25.3 Å². The fraction of sp³-hybridized carbons (Fsp3) is 0.290. The summed E-state index contributed by atoms with van der Waals surface area (Å²) in [5, 5.41) is 16.4. The SMILES string of the molecule is O=C(O)CC(Cc1ccccc1)(C1=COCO1)c1csc2cc(OCCc3ccc4c(n3)CCCN4)ccc12. The maximum Gasteiger partial charge on any atom is 0.304 e. The van der Waals surface area contributed by atoms with E-state index in [-0.39, 0.29) is 13.2 Å². The third kappa shape index (κ3) is 5.29. The first-order chi connectivity index (χ1) is 19.1. The van der Waals surface area contributed by atoms with Crippen LogP contribution in [-0.2, 0) is 38.9 Å². The largest absolute Gasteiger partial charge is 0.493 e. The number of pyridine rings is 1. The standard InChI is InChI=1S/C31H30N2O5S/c34-30(35)17-31(29-18-36-20-38-29,16-21-5-2-1-3-6-21)25-19-39-28-15-23(9-10-24(25)28)37-14-12-22-8-11-26-27(33-22)7-4-13-32-26/h1-3,5-6,8-11,15,18-19,32H,4,7,12-14,16-17,20H2,(H,34,35). The highest BCUT2D eigenvalue weighted by atomic mass is 32.1. The van der Waals surface area contributed by atoms with E-state index in [0.717, 1.165) is 69.8 Å². The van der Waals surface area contributed by atoms with Crippen molar-refractivity contribution in [2.45, 2.75) is 37.5 Å². The number of carboxylic acid groups (broad SMARTS) is 1. The van der Waals surface area contributed by atoms with Gasteiger partial charge in [-0.3, -0.25) is 9.78 Å². The summed E-state index contributed by atoms with van der Waals surface area (Å²) in [6, 6.07) is 20.1. The first-order valence-electron chi connectivity index (χ1n) is 13.2. The molecule has 6 rings (SSSR count). The van der Waals surface area contributed by atoms with Gasteiger partial charge in [0.2, 0.25) is 6.79 Å². The summed E-state index contributed by atoms with van der Waals surface area (Å²) < 4.78 is 18.4. The van der Waals surface area contributed by atoms with E-state index in [9.17, 15) is 9.90 Å². The molecule has 2 aliphatic rings. The minimum atomic E-state index is -0.905. The van der Waals surface area contributed by atoms with Gasteiger partial charge in [0.05, 0.1) is 29.8 Å². The summed E-state index contributed by atoms with van der Waals surface area (Å²) in [7, 11) is 0. The third-order valence-electron chi connectivity index (χ3n) is 7.37. The number of nitrogens with zero attached hydrogens (tertiary/aromatic N) is 1. The van der Waals surface area contributed by atoms with Gasteiger partial charge >= 0.3 is 5.97 Å². The molecular weight excluding hydrogens is 512 g/mol. The van der Waals surface area contributed by atoms with Crippen LogP contribution in [0.1, 0.15) is 35.4 Å². The topological polar surface area (TPSA) is 89.9 Å². The number of aryl methyl sites for hydroxylation is 1. The molecule has 7 nitrogen and oxygen atoms in total. The van der Waals surface area contributed by atoms with Crippen LogP contribution in [0.25, 0.3) is 10.1 Å². The quantitative estimate of drug-likeness (QED) is 0.251. The number of fused-ring (bicyclic) bond motifs is 2. The van der Waals surface area contributed by atoms with Crippen molar-refractivity contribution in [3.05, 3.63) is 101 Å². The van der Waals surface area contributed by atoms with Gasteiger partial charge in [-0.2, -0.15) is 0 Å². The molecule has 2 aromatic heterocycles. The van der Waals surface area contributed by atoms with Crippen LogP contribution in [0.4, 0.5) is 5.69 Å². The Morgan fingerprint density at radius 2 is 2.05 bits per heavy atom. The normalized spacial score (nSPS) is 15.8. The van der Waals surface area contributed by atoms with Crippen molar-refractivity contribution >= 4 is 33.1 Å². The number of aromatic nitrogens is 1. The Kier molecular flexibility index (Phi) is 7.11. The lowest BCUT2D eigenvalue weighted by Crippen LogP contribution is -2.34. The minimum Gasteiger partial charge on any atom is -0.493 e. The fourth-order valence-corrected chi connectivity index (χ4v) is 6.60. The van der Waals surface area contributed by atoms with E-state index in [1.54, 1.807) is 17.6 Å². The first-order valence-corrected chi connectivity index (χ1v) is 14.1. The summed E-state index contributed by atoms with van der Waals surface area (Å²) in [6.45, 7) is 1.62. The zero-order chi connectivity index (χ0) is 26.7. The maximum atomic E-state index is 12.2. The zero-order valence-electron chi connectivity index (χ0n) is 21.5. The monoisotopic (exact) mass is 542 g/mol. The Balaban J connectivity index is 1.26. The Labute approximate surface area is 231 Å². The van der Waals surface area contributed by atoms with Crippen molar-refractivity contribution in [3.8, 4) is 5.75 Å². The molecule has 8 heteroatoms. The number of hydrogen-bond donors (Lipinski definition) is 2. The summed E-state index contributed by atoms with van der Waals surface area (Å²) in [5.41, 5.74) is 4.35. The van der Waals surface area contributed by atoms with Crippen molar-refractivity contribution < 1.29 is 24.1 Å². The molecule has 0 bridgehead atoms. The van der Waals surface area contributed by atoms with Crippen LogP contribution in [-0.4, -0.2) is 36.0 Å². The Bertz CT molecular complexity index is 1520. The van der Waals surface area contributed by atoms with E-state index in [1.165, 1.54) is 0 Å². The lowest BCUT2D eigenvalue weighted by Gasteiger charge is -2.32. The van der Waals surface area contributed by atoms with Gasteiger partial charge < -0.3 is 24.6 Å². The van der Waals surface area contributed by atoms with Gasteiger partial charge in [0.15, 0.2) is 0 Å². The Morgan fingerprint density at radius 1 is 1.15 bits per heavy atom. The van der Waals surface area contributed by atoms with Gasteiger partial charge in [-0.1, -0.05) is 30.3 Å². The molecule has 1 unspecified atom stereocenters. The summed E-state index contributed by atoms with van der Waals surface area (Å²) in [4.78, 5) is 17.0. The van der Waals surface area contributed by atoms with Crippen LogP contribution < -0.4 is 10.1 Å². The molecule has 0 aliphatic carbocycles. The second kappa shape index (κ2) is 11.0. The second-order valence-corrected chi connectivity index (χ2v) is 10.9. The van der Waals surface area contributed by atoms with Crippen molar-refractivity contribution in [1.29, 1.82) is 0 Å². The number of hydrogen-bond acceptors (Lipinski definition) is 7. The van der Waals surface area contributed by atoms with Crippen molar-refractivity contribution in [1.82, 2.24) is 4.98 Å². The van der Waals surface area contributed by atoms with Gasteiger partial charge in [-0.15, -0.1) is 11.3 Å². The molecule has 39 heavy (non-hydrogen) atoms. The van der Waals surface area contributed by atoms with Crippen LogP contribution in [0.5, 0.6) is 5.75 Å². The Hall–Kier alpha value is -4.04. The second-order valence-electron chi connectivity index (χ2n) is 9.96. The summed E-state index contributed by atoms with van der Waals surface area (Å²) in [5.74, 6) is 0.428. The molecule has 4 heterocycles. The number of ether oxygens (including phenoxy) is 3. The van der Waals surface area contributed by atoms with Gasteiger partial charge in [0, 0.05) is 23.4 Å². The van der Waals surface area contributed by atoms with Crippen molar-refractivity contribution in [3.63, 3.8) is 0 Å². The Morgan fingerprint density at radius 3 is 2.87 bits per heavy atom. The number of aliphatic carboxylic acids is 1. The average molecular weight is 543 g/mol. The van der Waals surface area contributed by atoms with Crippen molar-refractivity contribution in [2.24, 2.45) is 0 Å². The smallest absolute Gasteiger partial charge is 0.304 e. The maximum absolute atomic E-state index is 12.2. The number of carbonyl (C=O) groups is 1. The highest BCUT2D eigenvalue weighted by Gasteiger charge is 2.44. The molecule has 2 N–H and O–H groups in total. The number of benzene rings is 2. The number of nitrogens with one attached hydrogen (secondary N) is 1. The van der Waals surface area contributed by atoms with E-state index in [4.69, 9.17) is 19.2 Å².